The molecule has 0 aliphatic carbocycles. The highest BCUT2D eigenvalue weighted by Gasteiger charge is 2.27. The second-order valence-corrected chi connectivity index (χ2v) is 13.2. The molecule has 2 amide bonds. The second-order valence-electron chi connectivity index (χ2n) is 13.2. The minimum Gasteiger partial charge on any atom is -0.862 e. The minimum atomic E-state index is -1.32. The summed E-state index contributed by atoms with van der Waals surface area (Å²) in [6, 6.07) is 15.1. The maximum absolute atomic E-state index is 12.8. The molecule has 0 saturated heterocycles. The van der Waals surface area contributed by atoms with Crippen molar-refractivity contribution in [3.8, 4) is 22.8 Å². The number of carbonyl (C=O) groups excluding carboxylic acids is 4. The van der Waals surface area contributed by atoms with Gasteiger partial charge < -0.3 is 35.0 Å². The van der Waals surface area contributed by atoms with Crippen LogP contribution in [0.3, 0.4) is 0 Å². The Balaban J connectivity index is 1.35. The van der Waals surface area contributed by atoms with E-state index >= 15 is 0 Å². The van der Waals surface area contributed by atoms with Gasteiger partial charge in [0, 0.05) is 77.6 Å². The molecule has 0 unspecified atom stereocenters. The normalized spacial score (nSPS) is 16.8. The van der Waals surface area contributed by atoms with Crippen LogP contribution in [-0.4, -0.2) is 134 Å². The van der Waals surface area contributed by atoms with Crippen molar-refractivity contribution < 1.29 is 44.4 Å². The number of hydrogen-bond acceptors (Lipinski definition) is 15. The molecule has 2 aliphatic rings. The van der Waals surface area contributed by atoms with Crippen LogP contribution in [0.4, 0.5) is 0 Å². The zero-order valence-electron chi connectivity index (χ0n) is 30.1. The van der Waals surface area contributed by atoms with Crippen LogP contribution in [0, 0.1) is 0 Å². The standard InChI is InChI=1S/C38H44N8O9/c47-33(15-17-46-34(48)13-14-35(46)49)39-16-2-1-12-32(38(54)55)45-20-18-43(24-36(50)51)22-26-6-3-8-28(40-26)30-10-5-11-31(42-30)29-9-4-7-27(41-29)23-44(19-21-45)25-37(52)53/h3-11,13-14,32H,1-2,12,15-25H2,(H,39,47)(H,50,51)(H,52,53)(H,54,55)/p-3/t32-/m0/s1. The Hall–Kier alpha value is -5.91. The fourth-order valence-electron chi connectivity index (χ4n) is 6.41. The highest BCUT2D eigenvalue weighted by Crippen LogP contribution is 2.22. The van der Waals surface area contributed by atoms with Gasteiger partial charge in [0.15, 0.2) is 0 Å². The molecule has 3 aromatic heterocycles. The van der Waals surface area contributed by atoms with Crippen LogP contribution >= 0.6 is 0 Å². The molecule has 0 fully saturated rings. The van der Waals surface area contributed by atoms with Crippen molar-refractivity contribution in [2.45, 2.75) is 44.8 Å². The third kappa shape index (κ3) is 12.0. The molecule has 0 spiro atoms. The molecule has 3 aromatic rings. The van der Waals surface area contributed by atoms with Crippen molar-refractivity contribution in [3.05, 3.63) is 78.1 Å². The Morgan fingerprint density at radius 2 is 1.20 bits per heavy atom. The van der Waals surface area contributed by atoms with Gasteiger partial charge in [0.25, 0.3) is 11.8 Å². The van der Waals surface area contributed by atoms with Crippen LogP contribution in [-0.2, 0) is 37.1 Å². The van der Waals surface area contributed by atoms with Crippen molar-refractivity contribution in [2.24, 2.45) is 4.99 Å². The van der Waals surface area contributed by atoms with Gasteiger partial charge in [-0.3, -0.25) is 34.0 Å². The number of nitrogens with zero attached hydrogens (tertiary/aromatic N) is 8. The highest BCUT2D eigenvalue weighted by atomic mass is 16.4. The molecule has 290 valence electrons. The number of carbonyl (C=O) groups is 5. The number of rotatable bonds is 14. The Kier molecular flexibility index (Phi) is 14.2. The first-order chi connectivity index (χ1) is 26.4. The minimum absolute atomic E-state index is 0.0827. The average Bonchev–Trinajstić information content (AvgIpc) is 3.47. The highest BCUT2D eigenvalue weighted by molar-refractivity contribution is 6.13. The number of unbranched alkanes of at least 4 members (excludes halogenated alkanes) is 1. The molecule has 5 rings (SSSR count). The zero-order valence-corrected chi connectivity index (χ0v) is 30.1. The van der Waals surface area contributed by atoms with Crippen LogP contribution in [0.5, 0.6) is 0 Å². The number of aliphatic imine (C=N–C) groups is 1. The number of imide groups is 1. The first-order valence-electron chi connectivity index (χ1n) is 17.9. The molecular formula is C38H41N8O9-3. The van der Waals surface area contributed by atoms with E-state index in [1.54, 1.807) is 63.2 Å². The molecule has 1 atom stereocenters. The van der Waals surface area contributed by atoms with Crippen LogP contribution in [0.15, 0.2) is 71.7 Å². The van der Waals surface area contributed by atoms with Gasteiger partial charge in [-0.15, -0.1) is 0 Å². The summed E-state index contributed by atoms with van der Waals surface area (Å²) in [5.41, 5.74) is 3.36. The van der Waals surface area contributed by atoms with Gasteiger partial charge in [0.05, 0.1) is 46.1 Å². The monoisotopic (exact) mass is 753 g/mol. The Bertz CT molecular complexity index is 1830. The van der Waals surface area contributed by atoms with Gasteiger partial charge in [0.2, 0.25) is 0 Å². The van der Waals surface area contributed by atoms with Gasteiger partial charge in [-0.1, -0.05) is 18.2 Å². The maximum Gasteiger partial charge on any atom is 0.320 e. The molecule has 55 heavy (non-hydrogen) atoms. The largest absolute Gasteiger partial charge is 0.862 e. The lowest BCUT2D eigenvalue weighted by Gasteiger charge is -2.34. The van der Waals surface area contributed by atoms with E-state index in [4.69, 9.17) is 15.0 Å². The first-order valence-corrected chi connectivity index (χ1v) is 17.9. The van der Waals surface area contributed by atoms with Crippen molar-refractivity contribution in [1.82, 2.24) is 34.6 Å². The molecule has 0 saturated carbocycles. The van der Waals surface area contributed by atoms with Gasteiger partial charge in [-0.2, -0.15) is 0 Å². The molecule has 0 radical (unpaired) electrons. The van der Waals surface area contributed by atoms with Crippen molar-refractivity contribution in [2.75, 3.05) is 52.4 Å². The van der Waals surface area contributed by atoms with Gasteiger partial charge in [-0.05, 0) is 68.0 Å². The summed E-state index contributed by atoms with van der Waals surface area (Å²) in [6.07, 6.45) is 3.04. The van der Waals surface area contributed by atoms with Crippen molar-refractivity contribution >= 4 is 35.6 Å². The SMILES string of the molecule is O=C([O-])CN1CCN([C@@H](CCCCN=C([O-])CCN2C(=O)C=CC2=O)C(=O)O)CCN(CC(=O)[O-])Cc2cccc(n2)-c2cccc(n2)-c2cccc(n2)C1. The number of pyridine rings is 3. The van der Waals surface area contributed by atoms with E-state index in [0.717, 1.165) is 17.1 Å². The van der Waals surface area contributed by atoms with Crippen LogP contribution in [0.25, 0.3) is 22.8 Å². The fourth-order valence-corrected chi connectivity index (χ4v) is 6.41. The summed E-state index contributed by atoms with van der Waals surface area (Å²) >= 11 is 0. The molecule has 5 heterocycles. The van der Waals surface area contributed by atoms with E-state index in [1.807, 2.05) is 6.07 Å². The van der Waals surface area contributed by atoms with E-state index in [9.17, 15) is 44.4 Å². The van der Waals surface area contributed by atoms with Crippen molar-refractivity contribution in [1.29, 1.82) is 0 Å². The van der Waals surface area contributed by atoms with Gasteiger partial charge >= 0.3 is 5.97 Å². The lowest BCUT2D eigenvalue weighted by molar-refractivity contribution is -0.307. The van der Waals surface area contributed by atoms with E-state index in [2.05, 4.69) is 4.99 Å². The Morgan fingerprint density at radius 3 is 1.69 bits per heavy atom. The number of carboxylic acids is 3. The van der Waals surface area contributed by atoms with E-state index < -0.39 is 54.8 Å². The quantitative estimate of drug-likeness (QED) is 0.0838. The fraction of sp³-hybridized carbons (Fsp3) is 0.395. The van der Waals surface area contributed by atoms with Crippen molar-refractivity contribution in [3.63, 3.8) is 0 Å². The number of carboxylic acid groups (broad SMARTS) is 3. The lowest BCUT2D eigenvalue weighted by atomic mass is 10.1. The van der Waals surface area contributed by atoms with E-state index in [1.165, 1.54) is 0 Å². The van der Waals surface area contributed by atoms with E-state index in [-0.39, 0.29) is 65.2 Å². The van der Waals surface area contributed by atoms with E-state index in [0.29, 0.717) is 47.0 Å². The smallest absolute Gasteiger partial charge is 0.320 e. The predicted molar refractivity (Wildman–Crippen MR) is 191 cm³/mol. The molecule has 1 N–H and O–H groups in total. The van der Waals surface area contributed by atoms with Crippen LogP contribution in [0.2, 0.25) is 0 Å². The zero-order chi connectivity index (χ0) is 39.3. The summed E-state index contributed by atoms with van der Waals surface area (Å²) in [5.74, 6) is -5.23. The molecular weight excluding hydrogens is 712 g/mol. The molecule has 6 bridgehead atoms. The molecule has 2 aliphatic heterocycles. The summed E-state index contributed by atoms with van der Waals surface area (Å²) in [4.78, 5) is 83.9. The Morgan fingerprint density at radius 1 is 0.709 bits per heavy atom. The molecule has 17 nitrogen and oxygen atoms in total. The van der Waals surface area contributed by atoms with Crippen LogP contribution < -0.4 is 15.3 Å². The third-order valence-electron chi connectivity index (χ3n) is 9.12. The number of amides is 2. The number of fused-ring (bicyclic) bond motifs is 8. The summed E-state index contributed by atoms with van der Waals surface area (Å²) in [6.45, 7) is -0.214. The summed E-state index contributed by atoms with van der Waals surface area (Å²) in [5, 5.41) is 46.4. The summed E-state index contributed by atoms with van der Waals surface area (Å²) in [7, 11) is 0. The Labute approximate surface area is 317 Å². The number of aromatic nitrogens is 3. The topological polar surface area (TPSA) is 239 Å². The lowest BCUT2D eigenvalue weighted by Crippen LogP contribution is -2.50. The van der Waals surface area contributed by atoms with Crippen LogP contribution in [0.1, 0.15) is 37.1 Å². The summed E-state index contributed by atoms with van der Waals surface area (Å²) < 4.78 is 0. The average molecular weight is 754 g/mol. The molecule has 17 heteroatoms. The second kappa shape index (κ2) is 19.4. The predicted octanol–water partition coefficient (Wildman–Crippen LogP) is -1.68. The molecule has 0 aromatic carbocycles. The first kappa shape index (κ1) is 40.3. The van der Waals surface area contributed by atoms with Gasteiger partial charge in [0.1, 0.15) is 6.04 Å². The maximum atomic E-state index is 12.8. The third-order valence-corrected chi connectivity index (χ3v) is 9.12. The van der Waals surface area contributed by atoms with Gasteiger partial charge in [-0.25, -0.2) is 15.0 Å². The number of aliphatic carboxylic acids is 3. The number of hydrogen-bond donors (Lipinski definition) is 1.